The molecule has 0 amide bonds. The average Bonchev–Trinajstić information content (AvgIpc) is 2.83. The molecule has 0 saturated carbocycles. The zero-order valence-corrected chi connectivity index (χ0v) is 9.72. The molecule has 98 valence electrons. The van der Waals surface area contributed by atoms with E-state index in [1.54, 1.807) is 6.08 Å². The van der Waals surface area contributed by atoms with Gasteiger partial charge < -0.3 is 21.1 Å². The Morgan fingerprint density at radius 2 is 2.22 bits per heavy atom. The van der Waals surface area contributed by atoms with Crippen LogP contribution in [0.1, 0.15) is 13.8 Å². The summed E-state index contributed by atoms with van der Waals surface area (Å²) in [6, 6.07) is 0.115. The number of aliphatic hydroxyl groups excluding tert-OH is 1. The highest BCUT2D eigenvalue weighted by atomic mass is 35.5. The molecule has 0 fully saturated rings. The van der Waals surface area contributed by atoms with E-state index >= 15 is 0 Å². The van der Waals surface area contributed by atoms with Gasteiger partial charge in [0.25, 0.3) is 0 Å². The second-order valence-corrected chi connectivity index (χ2v) is 4.47. The molecule has 1 aromatic heterocycles. The van der Waals surface area contributed by atoms with Crippen LogP contribution in [0.25, 0.3) is 0 Å². The van der Waals surface area contributed by atoms with Gasteiger partial charge in [-0.15, -0.1) is 0 Å². The maximum atomic E-state index is 9.50. The third kappa shape index (κ3) is 1.97. The second kappa shape index (κ2) is 4.62. The fourth-order valence-electron chi connectivity index (χ4n) is 2.22. The average molecular weight is 270 g/mol. The summed E-state index contributed by atoms with van der Waals surface area (Å²) in [5.41, 5.74) is 6.48. The maximum absolute atomic E-state index is 9.50. The quantitative estimate of drug-likeness (QED) is 0.525. The molecule has 4 N–H and O–H groups in total. The summed E-state index contributed by atoms with van der Waals surface area (Å²) < 4.78 is 0. The summed E-state index contributed by atoms with van der Waals surface area (Å²) in [6.07, 6.45) is 4.02. The van der Waals surface area contributed by atoms with Crippen molar-refractivity contribution < 1.29 is 5.11 Å². The van der Waals surface area contributed by atoms with Crippen molar-refractivity contribution in [3.05, 3.63) is 17.4 Å². The van der Waals surface area contributed by atoms with Crippen LogP contribution >= 0.6 is 11.6 Å². The number of hydrogen-bond donors (Lipinski definition) is 3. The predicted octanol–water partition coefficient (Wildman–Crippen LogP) is 1.23. The van der Waals surface area contributed by atoms with E-state index in [4.69, 9.17) is 17.3 Å². The van der Waals surface area contributed by atoms with Gasteiger partial charge in [-0.1, -0.05) is 19.6 Å². The molecule has 0 spiro atoms. The second-order valence-electron chi connectivity index (χ2n) is 4.14. The number of aromatic nitrogens is 2. The smallest absolute Gasteiger partial charge is 0.226 e. The van der Waals surface area contributed by atoms with Crippen LogP contribution in [0.4, 0.5) is 17.3 Å². The summed E-state index contributed by atoms with van der Waals surface area (Å²) in [5.74, 6) is 1.05. The number of aliphatic hydroxyl groups is 1. The predicted molar refractivity (Wildman–Crippen MR) is 72.7 cm³/mol. The van der Waals surface area contributed by atoms with E-state index in [-0.39, 0.29) is 18.8 Å². The Morgan fingerprint density at radius 3 is 2.89 bits per heavy atom. The Hall–Kier alpha value is -1.53. The number of anilines is 3. The highest BCUT2D eigenvalue weighted by molar-refractivity contribution is 6.28. The molecule has 2 aliphatic rings. The Kier molecular flexibility index (Phi) is 3.32. The molecule has 1 aliphatic heterocycles. The Balaban J connectivity index is 0.00000120. The molecule has 0 saturated heterocycles. The molecule has 2 heterocycles. The van der Waals surface area contributed by atoms with Crippen molar-refractivity contribution in [3.63, 3.8) is 0 Å². The molecule has 0 bridgehead atoms. The van der Waals surface area contributed by atoms with E-state index in [9.17, 15) is 5.11 Å². The first-order chi connectivity index (χ1) is 8.15. The molecule has 0 radical (unpaired) electrons. The Labute approximate surface area is 110 Å². The van der Waals surface area contributed by atoms with Crippen LogP contribution in [0.2, 0.25) is 5.28 Å². The lowest BCUT2D eigenvalue weighted by Crippen LogP contribution is -2.33. The van der Waals surface area contributed by atoms with Crippen molar-refractivity contribution in [3.8, 4) is 0 Å². The maximum Gasteiger partial charge on any atom is 0.226 e. The number of rotatable bonds is 1. The Morgan fingerprint density at radius 1 is 1.44 bits per heavy atom. The molecule has 7 heteroatoms. The fourth-order valence-corrected chi connectivity index (χ4v) is 2.39. The largest absolute Gasteiger partial charge is 0.389 e. The van der Waals surface area contributed by atoms with Gasteiger partial charge >= 0.3 is 0 Å². The molecule has 0 unspecified atom stereocenters. The first kappa shape index (κ1) is 12.9. The van der Waals surface area contributed by atoms with Gasteiger partial charge in [0.1, 0.15) is 5.69 Å². The zero-order chi connectivity index (χ0) is 12.0. The van der Waals surface area contributed by atoms with E-state index in [0.29, 0.717) is 30.4 Å². The van der Waals surface area contributed by atoms with E-state index in [0.717, 1.165) is 0 Å². The van der Waals surface area contributed by atoms with Crippen molar-refractivity contribution >= 4 is 28.9 Å². The van der Waals surface area contributed by atoms with Crippen LogP contribution in [0.5, 0.6) is 0 Å². The number of halogens is 1. The van der Waals surface area contributed by atoms with Gasteiger partial charge in [-0.2, -0.15) is 9.97 Å². The summed E-state index contributed by atoms with van der Waals surface area (Å²) in [5, 5.41) is 12.8. The van der Waals surface area contributed by atoms with E-state index in [1.807, 2.05) is 11.0 Å². The van der Waals surface area contributed by atoms with Crippen LogP contribution in [-0.4, -0.2) is 33.9 Å². The Bertz CT molecular complexity index is 493. The van der Waals surface area contributed by atoms with E-state index in [2.05, 4.69) is 15.3 Å². The van der Waals surface area contributed by atoms with Crippen molar-refractivity contribution in [2.45, 2.75) is 26.0 Å². The van der Waals surface area contributed by atoms with Crippen LogP contribution in [0.15, 0.2) is 12.2 Å². The molecule has 0 aromatic carbocycles. The number of nitrogens with one attached hydrogen (secondary N) is 1. The summed E-state index contributed by atoms with van der Waals surface area (Å²) >= 11 is 5.81. The van der Waals surface area contributed by atoms with Gasteiger partial charge in [0.15, 0.2) is 11.6 Å². The number of nitrogens with zero attached hydrogens (tertiary/aromatic N) is 3. The molecular weight excluding hydrogens is 254 g/mol. The van der Waals surface area contributed by atoms with Crippen molar-refractivity contribution in [2.24, 2.45) is 0 Å². The summed E-state index contributed by atoms with van der Waals surface area (Å²) in [6.45, 7) is 0.594. The highest BCUT2D eigenvalue weighted by Crippen LogP contribution is 2.37. The fraction of sp³-hybridized carbons (Fsp3) is 0.455. The summed E-state index contributed by atoms with van der Waals surface area (Å²) in [7, 11) is 0. The third-order valence-corrected chi connectivity index (χ3v) is 3.20. The molecule has 6 nitrogen and oxygen atoms in total. The summed E-state index contributed by atoms with van der Waals surface area (Å²) in [4.78, 5) is 10.1. The molecule has 18 heavy (non-hydrogen) atoms. The van der Waals surface area contributed by atoms with Crippen LogP contribution in [-0.2, 0) is 0 Å². The monoisotopic (exact) mass is 269 g/mol. The number of fused-ring (bicyclic) bond motifs is 1. The minimum Gasteiger partial charge on any atom is -0.389 e. The van der Waals surface area contributed by atoms with Crippen molar-refractivity contribution in [2.75, 3.05) is 22.6 Å². The molecule has 1 aliphatic carbocycles. The van der Waals surface area contributed by atoms with Gasteiger partial charge in [-0.3, -0.25) is 0 Å². The highest BCUT2D eigenvalue weighted by Gasteiger charge is 2.31. The van der Waals surface area contributed by atoms with Gasteiger partial charge in [0.05, 0.1) is 18.8 Å². The minimum absolute atomic E-state index is 0. The van der Waals surface area contributed by atoms with Crippen molar-refractivity contribution in [1.29, 1.82) is 0 Å². The van der Waals surface area contributed by atoms with Crippen LogP contribution < -0.4 is 16.0 Å². The number of nitrogens with two attached hydrogens (primary N) is 1. The molecule has 1 aromatic rings. The van der Waals surface area contributed by atoms with Gasteiger partial charge in [0, 0.05) is 6.42 Å². The van der Waals surface area contributed by atoms with Crippen molar-refractivity contribution in [1.82, 2.24) is 9.97 Å². The molecule has 2 atom stereocenters. The zero-order valence-electron chi connectivity index (χ0n) is 8.97. The van der Waals surface area contributed by atoms with Crippen LogP contribution in [0.3, 0.4) is 0 Å². The lowest BCUT2D eigenvalue weighted by molar-refractivity contribution is 0.217. The first-order valence-corrected chi connectivity index (χ1v) is 5.73. The van der Waals surface area contributed by atoms with Gasteiger partial charge in [-0.05, 0) is 11.6 Å². The number of hydrogen-bond acceptors (Lipinski definition) is 6. The van der Waals surface area contributed by atoms with E-state index in [1.165, 1.54) is 0 Å². The standard InChI is InChI=1S/C10H12ClN5O.CH4/c11-10-14-8(12)7-9(15-10)16(4-13-7)5-1-2-6(17)3-5;/h1-2,5-6,13,17H,3-4H2,(H2,12,14,15);1H4/t5-,6+;/m0./s1. The van der Waals surface area contributed by atoms with Gasteiger partial charge in [0.2, 0.25) is 5.28 Å². The molecular formula is C11H16ClN5O. The number of nitrogen functional groups attached to an aromatic ring is 1. The third-order valence-electron chi connectivity index (χ3n) is 3.03. The topological polar surface area (TPSA) is 87.3 Å². The van der Waals surface area contributed by atoms with Gasteiger partial charge in [-0.25, -0.2) is 0 Å². The lowest BCUT2D eigenvalue weighted by Gasteiger charge is -2.23. The first-order valence-electron chi connectivity index (χ1n) is 5.35. The van der Waals surface area contributed by atoms with E-state index < -0.39 is 6.10 Å². The molecule has 3 rings (SSSR count). The van der Waals surface area contributed by atoms with Crippen LogP contribution in [0, 0.1) is 0 Å². The lowest BCUT2D eigenvalue weighted by atomic mass is 10.2. The SMILES string of the molecule is C.Nc1nc(Cl)nc2c1NCN2[C@H]1C=C[C@@H](O)C1. The minimum atomic E-state index is -0.390. The normalized spacial score (nSPS) is 24.7.